The fourth-order valence-electron chi connectivity index (χ4n) is 1.58. The minimum atomic E-state index is -0.801. The molecule has 0 spiro atoms. The van der Waals surface area contributed by atoms with Gasteiger partial charge in [-0.05, 0) is 26.2 Å². The summed E-state index contributed by atoms with van der Waals surface area (Å²) in [5, 5.41) is 26.4. The third kappa shape index (κ3) is 3.31. The Morgan fingerprint density at radius 3 is 2.61 bits per heavy atom. The van der Waals surface area contributed by atoms with Crippen LogP contribution in [0, 0.1) is 34.0 Å². The third-order valence-electron chi connectivity index (χ3n) is 2.65. The monoisotopic (exact) mass is 242 g/mol. The Morgan fingerprint density at radius 2 is 2.06 bits per heavy atom. The van der Waals surface area contributed by atoms with Gasteiger partial charge in [0.05, 0.1) is 12.4 Å². The maximum absolute atomic E-state index is 8.92. The first-order chi connectivity index (χ1) is 8.54. The molecule has 0 fully saturated rings. The molecule has 0 radical (unpaired) electrons. The van der Waals surface area contributed by atoms with Gasteiger partial charge in [0, 0.05) is 6.54 Å². The average molecular weight is 242 g/mol. The summed E-state index contributed by atoms with van der Waals surface area (Å²) in [5.41, 5.74) is 5.34. The topological polar surface area (TPSA) is 115 Å². The molecule has 0 saturated heterocycles. The van der Waals surface area contributed by atoms with Crippen LogP contribution in [0.3, 0.4) is 0 Å². The van der Waals surface area contributed by atoms with Crippen molar-refractivity contribution in [3.63, 3.8) is 0 Å². The Labute approximate surface area is 106 Å². The molecule has 0 amide bonds. The predicted octanol–water partition coefficient (Wildman–Crippen LogP) is 1.04. The second kappa shape index (κ2) is 5.82. The molecular weight excluding hydrogens is 228 g/mol. The number of nitriles is 3. The van der Waals surface area contributed by atoms with Crippen LogP contribution in [0.5, 0.6) is 0 Å². The van der Waals surface area contributed by atoms with E-state index in [0.717, 1.165) is 12.8 Å². The molecule has 92 valence electrons. The summed E-state index contributed by atoms with van der Waals surface area (Å²) < 4.78 is 1.65. The maximum Gasteiger partial charge on any atom is 0.176 e. The van der Waals surface area contributed by atoms with Crippen molar-refractivity contribution in [1.29, 1.82) is 15.8 Å². The predicted molar refractivity (Wildman–Crippen MR) is 63.7 cm³/mol. The lowest BCUT2D eigenvalue weighted by Crippen LogP contribution is -2.33. The molecule has 6 nitrogen and oxygen atoms in total. The van der Waals surface area contributed by atoms with Crippen LogP contribution in [0.4, 0.5) is 0 Å². The lowest BCUT2D eigenvalue weighted by Gasteiger charge is -2.14. The number of hydrogen-bond donors (Lipinski definition) is 1. The quantitative estimate of drug-likeness (QED) is 0.774. The van der Waals surface area contributed by atoms with Gasteiger partial charge in [-0.1, -0.05) is 0 Å². The molecule has 0 aliphatic carbocycles. The van der Waals surface area contributed by atoms with E-state index in [1.165, 1.54) is 6.33 Å². The molecule has 1 atom stereocenters. The summed E-state index contributed by atoms with van der Waals surface area (Å²) in [7, 11) is 0. The van der Waals surface area contributed by atoms with E-state index < -0.39 is 5.54 Å². The van der Waals surface area contributed by atoms with E-state index in [4.69, 9.17) is 21.5 Å². The Bertz CT molecular complexity index is 534. The number of aromatic nitrogens is 2. The Balaban J connectivity index is 2.52. The van der Waals surface area contributed by atoms with Gasteiger partial charge < -0.3 is 10.3 Å². The van der Waals surface area contributed by atoms with Crippen LogP contribution in [0.2, 0.25) is 0 Å². The number of hydrogen-bond acceptors (Lipinski definition) is 5. The smallest absolute Gasteiger partial charge is 0.176 e. The zero-order valence-corrected chi connectivity index (χ0v) is 10.2. The summed E-state index contributed by atoms with van der Waals surface area (Å²) in [4.78, 5) is 3.85. The molecule has 6 heteroatoms. The molecule has 1 heterocycles. The van der Waals surface area contributed by atoms with E-state index in [1.807, 2.05) is 18.2 Å². The van der Waals surface area contributed by atoms with E-state index in [-0.39, 0.29) is 11.4 Å². The summed E-state index contributed by atoms with van der Waals surface area (Å²) in [6.45, 7) is 2.29. The third-order valence-corrected chi connectivity index (χ3v) is 2.65. The Hall–Kier alpha value is -2.36. The average Bonchev–Trinajstić information content (AvgIpc) is 2.76. The minimum absolute atomic E-state index is 0.151. The number of nitrogens with two attached hydrogens (primary N) is 1. The fourth-order valence-corrected chi connectivity index (χ4v) is 1.58. The summed E-state index contributed by atoms with van der Waals surface area (Å²) in [5.74, 6) is 0. The van der Waals surface area contributed by atoms with E-state index in [9.17, 15) is 0 Å². The molecule has 0 aliphatic heterocycles. The standard InChI is InChI=1S/C12H14N6/c1-12(16,8-15)4-2-3-5-18-9-17-10(6-13)11(18)7-14/h9H,2-5,16H2,1H3. The highest BCUT2D eigenvalue weighted by Crippen LogP contribution is 2.12. The minimum Gasteiger partial charge on any atom is -0.321 e. The number of imidazole rings is 1. The van der Waals surface area contributed by atoms with Gasteiger partial charge in [0.2, 0.25) is 0 Å². The first-order valence-electron chi connectivity index (χ1n) is 5.59. The fraction of sp³-hybridized carbons (Fsp3) is 0.500. The summed E-state index contributed by atoms with van der Waals surface area (Å²) in [6.07, 6.45) is 3.66. The molecule has 0 saturated carbocycles. The van der Waals surface area contributed by atoms with Crippen molar-refractivity contribution in [3.05, 3.63) is 17.7 Å². The molecule has 1 unspecified atom stereocenters. The number of aryl methyl sites for hydroxylation is 1. The van der Waals surface area contributed by atoms with Crippen LogP contribution in [0.15, 0.2) is 6.33 Å². The zero-order chi connectivity index (χ0) is 13.6. The molecule has 0 aromatic carbocycles. The first-order valence-corrected chi connectivity index (χ1v) is 5.59. The number of nitrogens with zero attached hydrogens (tertiary/aromatic N) is 5. The summed E-state index contributed by atoms with van der Waals surface area (Å²) in [6, 6.07) is 5.88. The van der Waals surface area contributed by atoms with Crippen molar-refractivity contribution in [2.75, 3.05) is 0 Å². The van der Waals surface area contributed by atoms with Crippen molar-refractivity contribution in [2.24, 2.45) is 5.73 Å². The second-order valence-electron chi connectivity index (χ2n) is 4.35. The summed E-state index contributed by atoms with van der Waals surface area (Å²) >= 11 is 0. The van der Waals surface area contributed by atoms with Crippen molar-refractivity contribution in [1.82, 2.24) is 9.55 Å². The van der Waals surface area contributed by atoms with Crippen LogP contribution >= 0.6 is 0 Å². The van der Waals surface area contributed by atoms with E-state index >= 15 is 0 Å². The van der Waals surface area contributed by atoms with Gasteiger partial charge in [0.1, 0.15) is 17.7 Å². The lowest BCUT2D eigenvalue weighted by atomic mass is 9.98. The van der Waals surface area contributed by atoms with Crippen LogP contribution in [-0.4, -0.2) is 15.1 Å². The van der Waals surface area contributed by atoms with Crippen LogP contribution in [-0.2, 0) is 6.54 Å². The second-order valence-corrected chi connectivity index (χ2v) is 4.35. The largest absolute Gasteiger partial charge is 0.321 e. The van der Waals surface area contributed by atoms with Crippen molar-refractivity contribution in [3.8, 4) is 18.2 Å². The van der Waals surface area contributed by atoms with Crippen LogP contribution in [0.1, 0.15) is 37.6 Å². The van der Waals surface area contributed by atoms with Crippen LogP contribution < -0.4 is 5.73 Å². The molecule has 1 aromatic rings. The van der Waals surface area contributed by atoms with Gasteiger partial charge in [-0.3, -0.25) is 0 Å². The van der Waals surface area contributed by atoms with Gasteiger partial charge in [0.15, 0.2) is 11.4 Å². The van der Waals surface area contributed by atoms with Crippen molar-refractivity contribution in [2.45, 2.75) is 38.3 Å². The zero-order valence-electron chi connectivity index (χ0n) is 10.2. The Kier molecular flexibility index (Phi) is 4.43. The highest BCUT2D eigenvalue weighted by Gasteiger charge is 2.16. The highest BCUT2D eigenvalue weighted by molar-refractivity contribution is 5.35. The van der Waals surface area contributed by atoms with Crippen LogP contribution in [0.25, 0.3) is 0 Å². The normalized spacial score (nSPS) is 13.1. The van der Waals surface area contributed by atoms with Gasteiger partial charge >= 0.3 is 0 Å². The molecule has 2 N–H and O–H groups in total. The lowest BCUT2D eigenvalue weighted by molar-refractivity contribution is 0.487. The van der Waals surface area contributed by atoms with E-state index in [1.54, 1.807) is 11.5 Å². The number of rotatable bonds is 5. The Morgan fingerprint density at radius 1 is 1.33 bits per heavy atom. The van der Waals surface area contributed by atoms with Crippen molar-refractivity contribution < 1.29 is 0 Å². The van der Waals surface area contributed by atoms with E-state index in [0.29, 0.717) is 13.0 Å². The maximum atomic E-state index is 8.92. The molecular formula is C12H14N6. The van der Waals surface area contributed by atoms with E-state index in [2.05, 4.69) is 4.98 Å². The van der Waals surface area contributed by atoms with Gasteiger partial charge in [-0.15, -0.1) is 0 Å². The molecule has 0 aliphatic rings. The molecule has 1 aromatic heterocycles. The molecule has 0 bridgehead atoms. The molecule has 18 heavy (non-hydrogen) atoms. The van der Waals surface area contributed by atoms with Gasteiger partial charge in [-0.2, -0.15) is 15.8 Å². The highest BCUT2D eigenvalue weighted by atomic mass is 15.1. The SMILES string of the molecule is CC(N)(C#N)CCCCn1cnc(C#N)c1C#N. The first kappa shape index (κ1) is 13.7. The van der Waals surface area contributed by atoms with Gasteiger partial charge in [-0.25, -0.2) is 4.98 Å². The molecule has 1 rings (SSSR count). The van der Waals surface area contributed by atoms with Crippen molar-refractivity contribution >= 4 is 0 Å². The number of unbranched alkanes of at least 4 members (excludes halogenated alkanes) is 1. The van der Waals surface area contributed by atoms with Gasteiger partial charge in [0.25, 0.3) is 0 Å².